The highest BCUT2D eigenvalue weighted by molar-refractivity contribution is 5.94. The molecule has 0 aromatic heterocycles. The van der Waals surface area contributed by atoms with Crippen molar-refractivity contribution < 1.29 is 18.3 Å². The van der Waals surface area contributed by atoms with Gasteiger partial charge in [0.15, 0.2) is 0 Å². The second kappa shape index (κ2) is 7.64. The van der Waals surface area contributed by atoms with Crippen molar-refractivity contribution in [2.75, 3.05) is 0 Å². The minimum Gasteiger partial charge on any atom is -0.434 e. The van der Waals surface area contributed by atoms with Gasteiger partial charge in [-0.3, -0.25) is 4.79 Å². The van der Waals surface area contributed by atoms with Crippen LogP contribution in [0.15, 0.2) is 42.5 Å². The highest BCUT2D eigenvalue weighted by Crippen LogP contribution is 2.38. The SMILES string of the molecule is NC(=O)c1cccc(-c2cc(C3CCCCC3)ccc2OC(F)F)c1. The minimum atomic E-state index is -2.90. The molecule has 2 aromatic carbocycles. The minimum absolute atomic E-state index is 0.108. The Balaban J connectivity index is 2.03. The van der Waals surface area contributed by atoms with Gasteiger partial charge >= 0.3 is 6.61 Å². The monoisotopic (exact) mass is 345 g/mol. The average Bonchev–Trinajstić information content (AvgIpc) is 2.62. The second-order valence-corrected chi connectivity index (χ2v) is 6.41. The number of carbonyl (C=O) groups is 1. The Morgan fingerprint density at radius 3 is 2.52 bits per heavy atom. The van der Waals surface area contributed by atoms with Crippen LogP contribution in [0.25, 0.3) is 11.1 Å². The van der Waals surface area contributed by atoms with Crippen LogP contribution in [0.1, 0.15) is 53.9 Å². The van der Waals surface area contributed by atoms with Crippen molar-refractivity contribution in [3.05, 3.63) is 53.6 Å². The van der Waals surface area contributed by atoms with Gasteiger partial charge in [-0.05, 0) is 54.2 Å². The van der Waals surface area contributed by atoms with Gasteiger partial charge in [0.1, 0.15) is 5.75 Å². The Hall–Kier alpha value is -2.43. The third-order valence-electron chi connectivity index (χ3n) is 4.75. The van der Waals surface area contributed by atoms with Crippen molar-refractivity contribution in [3.63, 3.8) is 0 Å². The van der Waals surface area contributed by atoms with Crippen LogP contribution in [0.3, 0.4) is 0 Å². The number of primary amides is 1. The van der Waals surface area contributed by atoms with E-state index in [2.05, 4.69) is 0 Å². The van der Waals surface area contributed by atoms with Gasteiger partial charge in [0.05, 0.1) is 0 Å². The summed E-state index contributed by atoms with van der Waals surface area (Å²) < 4.78 is 30.3. The van der Waals surface area contributed by atoms with Crippen LogP contribution in [0, 0.1) is 0 Å². The molecule has 0 spiro atoms. The molecule has 3 nitrogen and oxygen atoms in total. The topological polar surface area (TPSA) is 52.3 Å². The fourth-order valence-electron chi connectivity index (χ4n) is 3.50. The third kappa shape index (κ3) is 4.16. The number of amides is 1. The van der Waals surface area contributed by atoms with E-state index in [0.717, 1.165) is 18.4 Å². The molecule has 1 amide bonds. The normalized spacial score (nSPS) is 15.3. The Morgan fingerprint density at radius 2 is 1.84 bits per heavy atom. The summed E-state index contributed by atoms with van der Waals surface area (Å²) in [4.78, 5) is 11.4. The maximum absolute atomic E-state index is 12.8. The first-order chi connectivity index (χ1) is 12.0. The molecule has 1 aliphatic carbocycles. The van der Waals surface area contributed by atoms with Crippen LogP contribution in [-0.4, -0.2) is 12.5 Å². The lowest BCUT2D eigenvalue weighted by Crippen LogP contribution is -2.11. The van der Waals surface area contributed by atoms with E-state index in [-0.39, 0.29) is 5.75 Å². The van der Waals surface area contributed by atoms with Gasteiger partial charge in [0.2, 0.25) is 5.91 Å². The largest absolute Gasteiger partial charge is 0.434 e. The predicted octanol–water partition coefficient (Wildman–Crippen LogP) is 5.10. The summed E-state index contributed by atoms with van der Waals surface area (Å²) in [6, 6.07) is 12.1. The Bertz CT molecular complexity index is 755. The Morgan fingerprint density at radius 1 is 1.08 bits per heavy atom. The molecule has 1 aliphatic rings. The Kier molecular flexibility index (Phi) is 5.31. The van der Waals surface area contributed by atoms with Gasteiger partial charge in [-0.15, -0.1) is 0 Å². The Labute approximate surface area is 145 Å². The summed E-state index contributed by atoms with van der Waals surface area (Å²) in [5, 5.41) is 0. The molecule has 5 heteroatoms. The molecule has 0 bridgehead atoms. The number of alkyl halides is 2. The third-order valence-corrected chi connectivity index (χ3v) is 4.75. The number of rotatable bonds is 5. The quantitative estimate of drug-likeness (QED) is 0.819. The molecule has 132 valence electrons. The average molecular weight is 345 g/mol. The lowest BCUT2D eigenvalue weighted by molar-refractivity contribution is -0.0494. The molecule has 0 saturated heterocycles. The predicted molar refractivity (Wildman–Crippen MR) is 92.9 cm³/mol. The fraction of sp³-hybridized carbons (Fsp3) is 0.350. The van der Waals surface area contributed by atoms with Crippen LogP contribution < -0.4 is 10.5 Å². The first-order valence-electron chi connectivity index (χ1n) is 8.53. The van der Waals surface area contributed by atoms with Crippen molar-refractivity contribution in [1.82, 2.24) is 0 Å². The molecule has 0 unspecified atom stereocenters. The number of hydrogen-bond donors (Lipinski definition) is 1. The zero-order valence-electron chi connectivity index (χ0n) is 13.9. The van der Waals surface area contributed by atoms with Gasteiger partial charge in [-0.25, -0.2) is 0 Å². The van der Waals surface area contributed by atoms with E-state index in [4.69, 9.17) is 10.5 Å². The molecule has 0 heterocycles. The molecule has 1 saturated carbocycles. The van der Waals surface area contributed by atoms with Gasteiger partial charge < -0.3 is 10.5 Å². The zero-order chi connectivity index (χ0) is 17.8. The molecular weight excluding hydrogens is 324 g/mol. The zero-order valence-corrected chi connectivity index (χ0v) is 13.9. The summed E-state index contributed by atoms with van der Waals surface area (Å²) >= 11 is 0. The summed E-state index contributed by atoms with van der Waals surface area (Å²) in [5.41, 5.74) is 8.00. The molecular formula is C20H21F2NO2. The van der Waals surface area contributed by atoms with Crippen LogP contribution >= 0.6 is 0 Å². The fourth-order valence-corrected chi connectivity index (χ4v) is 3.50. The van der Waals surface area contributed by atoms with Crippen LogP contribution in [0.4, 0.5) is 8.78 Å². The molecule has 2 aromatic rings. The van der Waals surface area contributed by atoms with E-state index >= 15 is 0 Å². The number of halogens is 2. The standard InChI is InChI=1S/C20H21F2NO2/c21-20(22)25-18-10-9-14(13-5-2-1-3-6-13)12-17(18)15-7-4-8-16(11-15)19(23)24/h4,7-13,20H,1-3,5-6H2,(H2,23,24). The van der Waals surface area contributed by atoms with Gasteiger partial charge in [0, 0.05) is 11.1 Å². The number of hydrogen-bond acceptors (Lipinski definition) is 2. The lowest BCUT2D eigenvalue weighted by atomic mass is 9.83. The summed E-state index contributed by atoms with van der Waals surface area (Å²) in [6.45, 7) is -2.90. The van der Waals surface area contributed by atoms with Crippen LogP contribution in [0.2, 0.25) is 0 Å². The van der Waals surface area contributed by atoms with Crippen molar-refractivity contribution in [1.29, 1.82) is 0 Å². The maximum atomic E-state index is 12.8. The summed E-state index contributed by atoms with van der Waals surface area (Å²) in [5.74, 6) is -0.00906. The van der Waals surface area contributed by atoms with Crippen LogP contribution in [0.5, 0.6) is 5.75 Å². The molecule has 2 N–H and O–H groups in total. The molecule has 3 rings (SSSR count). The van der Waals surface area contributed by atoms with Crippen LogP contribution in [-0.2, 0) is 0 Å². The van der Waals surface area contributed by atoms with E-state index in [1.807, 2.05) is 12.1 Å². The molecule has 1 fully saturated rings. The van der Waals surface area contributed by atoms with Gasteiger partial charge in [-0.2, -0.15) is 8.78 Å². The van der Waals surface area contributed by atoms with E-state index in [9.17, 15) is 13.6 Å². The molecule has 0 radical (unpaired) electrons. The number of benzene rings is 2. The van der Waals surface area contributed by atoms with Crippen molar-refractivity contribution in [3.8, 4) is 16.9 Å². The first kappa shape index (κ1) is 17.4. The van der Waals surface area contributed by atoms with E-state index in [0.29, 0.717) is 22.6 Å². The molecule has 25 heavy (non-hydrogen) atoms. The lowest BCUT2D eigenvalue weighted by Gasteiger charge is -2.23. The first-order valence-corrected chi connectivity index (χ1v) is 8.53. The number of nitrogens with two attached hydrogens (primary N) is 1. The van der Waals surface area contributed by atoms with E-state index < -0.39 is 12.5 Å². The van der Waals surface area contributed by atoms with E-state index in [1.165, 1.54) is 19.3 Å². The smallest absolute Gasteiger partial charge is 0.387 e. The van der Waals surface area contributed by atoms with Gasteiger partial charge in [0.25, 0.3) is 0 Å². The van der Waals surface area contributed by atoms with Crippen molar-refractivity contribution >= 4 is 5.91 Å². The highest BCUT2D eigenvalue weighted by atomic mass is 19.3. The van der Waals surface area contributed by atoms with Crippen molar-refractivity contribution in [2.24, 2.45) is 5.73 Å². The summed E-state index contributed by atoms with van der Waals surface area (Å²) in [7, 11) is 0. The molecule has 0 aliphatic heterocycles. The number of ether oxygens (including phenoxy) is 1. The molecule has 0 atom stereocenters. The second-order valence-electron chi connectivity index (χ2n) is 6.41. The van der Waals surface area contributed by atoms with Crippen molar-refractivity contribution in [2.45, 2.75) is 44.6 Å². The maximum Gasteiger partial charge on any atom is 0.387 e. The number of carbonyl (C=O) groups excluding carboxylic acids is 1. The summed E-state index contributed by atoms with van der Waals surface area (Å²) in [6.07, 6.45) is 5.83. The highest BCUT2D eigenvalue weighted by Gasteiger charge is 2.19. The van der Waals surface area contributed by atoms with E-state index in [1.54, 1.807) is 30.3 Å². The van der Waals surface area contributed by atoms with Gasteiger partial charge in [-0.1, -0.05) is 37.5 Å².